The summed E-state index contributed by atoms with van der Waals surface area (Å²) in [7, 11) is 7.75. The number of anilines is 1. The summed E-state index contributed by atoms with van der Waals surface area (Å²) in [6.45, 7) is 11.6. The number of rotatable bonds is 20. The number of nitrogens with zero attached hydrogens (tertiary/aromatic N) is 3. The summed E-state index contributed by atoms with van der Waals surface area (Å²) in [5.41, 5.74) is 5.09. The van der Waals surface area contributed by atoms with Crippen LogP contribution in [-0.4, -0.2) is 133 Å². The quantitative estimate of drug-likeness (QED) is 0.0709. The number of para-hydroxylation sites is 1. The van der Waals surface area contributed by atoms with Crippen LogP contribution in [0.4, 0.5) is 5.69 Å². The Balaban J connectivity index is 1.30. The maximum atomic E-state index is 14.4. The van der Waals surface area contributed by atoms with Gasteiger partial charge in [0.05, 0.1) is 26.4 Å². The summed E-state index contributed by atoms with van der Waals surface area (Å²) >= 11 is 2.39. The Hall–Kier alpha value is -3.31. The number of hydrogen-bond donors (Lipinski definition) is 5. The normalized spacial score (nSPS) is 25.5. The predicted molar refractivity (Wildman–Crippen MR) is 251 cm³/mol. The van der Waals surface area contributed by atoms with Gasteiger partial charge in [-0.05, 0) is 99.8 Å². The van der Waals surface area contributed by atoms with Gasteiger partial charge in [0, 0.05) is 71.0 Å². The van der Waals surface area contributed by atoms with E-state index in [9.17, 15) is 19.8 Å². The summed E-state index contributed by atoms with van der Waals surface area (Å²) in [4.78, 5) is 39.3. The van der Waals surface area contributed by atoms with Gasteiger partial charge in [-0.3, -0.25) is 14.4 Å². The van der Waals surface area contributed by atoms with Crippen molar-refractivity contribution in [1.29, 1.82) is 0 Å². The highest BCUT2D eigenvalue weighted by molar-refractivity contribution is 14.1. The van der Waals surface area contributed by atoms with Gasteiger partial charge < -0.3 is 40.7 Å². The van der Waals surface area contributed by atoms with Crippen LogP contribution in [0.1, 0.15) is 62.0 Å². The molecule has 2 bridgehead atoms. The highest BCUT2D eigenvalue weighted by Crippen LogP contribution is 2.61. The molecule has 3 aromatic rings. The average Bonchev–Trinajstić information content (AvgIpc) is 3.60. The summed E-state index contributed by atoms with van der Waals surface area (Å²) in [6.07, 6.45) is 1.14. The van der Waals surface area contributed by atoms with Crippen LogP contribution < -0.4 is 20.7 Å². The molecule has 2 amide bonds. The van der Waals surface area contributed by atoms with Gasteiger partial charge in [-0.15, -0.1) is 0 Å². The fraction of sp³-hybridized carbons (Fsp3) is 0.583. The van der Waals surface area contributed by atoms with Gasteiger partial charge in [0.2, 0.25) is 5.91 Å². The lowest BCUT2D eigenvalue weighted by molar-refractivity contribution is -0.183. The third-order valence-corrected chi connectivity index (χ3v) is 14.2. The number of carbonyl (C=O) groups excluding carboxylic acids is 2. The van der Waals surface area contributed by atoms with E-state index in [1.165, 1.54) is 6.42 Å². The number of alkyl halides is 1. The highest BCUT2D eigenvalue weighted by atomic mass is 127. The van der Waals surface area contributed by atoms with Crippen LogP contribution in [0.3, 0.4) is 0 Å². The number of benzene rings is 3. The molecular formula is C48H69IN6O6. The first kappa shape index (κ1) is 47.2. The molecule has 13 heteroatoms. The Morgan fingerprint density at radius 2 is 1.80 bits per heavy atom. The highest BCUT2D eigenvalue weighted by Gasteiger charge is 2.57. The zero-order chi connectivity index (χ0) is 44.0. The van der Waals surface area contributed by atoms with Gasteiger partial charge >= 0.3 is 0 Å². The summed E-state index contributed by atoms with van der Waals surface area (Å²) in [6, 6.07) is 21.0. The number of likely N-dealkylation sites (N-methyl/N-ethyl adjacent to an activating group) is 2. The van der Waals surface area contributed by atoms with Gasteiger partial charge in [0.25, 0.3) is 5.91 Å². The Labute approximate surface area is 377 Å². The molecule has 334 valence electrons. The Bertz CT molecular complexity index is 1930. The molecule has 4 aliphatic rings. The third kappa shape index (κ3) is 11.1. The van der Waals surface area contributed by atoms with Crippen molar-refractivity contribution < 1.29 is 29.4 Å². The van der Waals surface area contributed by atoms with Crippen LogP contribution in [0.15, 0.2) is 66.7 Å². The van der Waals surface area contributed by atoms with E-state index in [0.29, 0.717) is 48.6 Å². The van der Waals surface area contributed by atoms with Crippen molar-refractivity contribution in [3.05, 3.63) is 83.4 Å². The molecule has 3 aromatic carbocycles. The lowest BCUT2D eigenvalue weighted by atomic mass is 9.45. The molecule has 0 spiro atoms. The Morgan fingerprint density at radius 3 is 2.44 bits per heavy atom. The van der Waals surface area contributed by atoms with Crippen LogP contribution in [0.25, 0.3) is 11.1 Å². The monoisotopic (exact) mass is 952 g/mol. The van der Waals surface area contributed by atoms with Gasteiger partial charge in [-0.2, -0.15) is 5.06 Å². The number of fused-ring (bicyclic) bond motifs is 2. The molecule has 4 fully saturated rings. The second kappa shape index (κ2) is 20.9. The minimum atomic E-state index is -0.909. The lowest BCUT2D eigenvalue weighted by Crippen LogP contribution is -2.62. The molecule has 61 heavy (non-hydrogen) atoms. The van der Waals surface area contributed by atoms with Gasteiger partial charge in [-0.1, -0.05) is 91.9 Å². The van der Waals surface area contributed by atoms with E-state index in [2.05, 4.69) is 88.3 Å². The van der Waals surface area contributed by atoms with E-state index >= 15 is 0 Å². The maximum Gasteiger partial charge on any atom is 0.251 e. The van der Waals surface area contributed by atoms with Crippen LogP contribution >= 0.6 is 22.6 Å². The van der Waals surface area contributed by atoms with Crippen LogP contribution in [0, 0.1) is 29.1 Å². The molecule has 9 atom stereocenters. The largest absolute Gasteiger partial charge is 0.496 e. The van der Waals surface area contributed by atoms with Crippen LogP contribution in [-0.2, 0) is 22.6 Å². The number of aliphatic hydroxyl groups is 2. The first-order chi connectivity index (χ1) is 29.1. The number of aliphatic hydroxyl groups excluding tert-OH is 2. The zero-order valence-corrected chi connectivity index (χ0v) is 39.5. The van der Waals surface area contributed by atoms with Crippen molar-refractivity contribution in [2.24, 2.45) is 29.1 Å². The minimum absolute atomic E-state index is 0.0299. The first-order valence-corrected chi connectivity index (χ1v) is 23.5. The second-order valence-corrected chi connectivity index (χ2v) is 19.7. The predicted octanol–water partition coefficient (Wildman–Crippen LogP) is 5.70. The molecular weight excluding hydrogens is 883 g/mol. The molecule has 3 aliphatic carbocycles. The van der Waals surface area contributed by atoms with E-state index in [1.807, 2.05) is 68.7 Å². The van der Waals surface area contributed by atoms with Crippen molar-refractivity contribution in [2.75, 3.05) is 70.8 Å². The number of hydroxylamine groups is 2. The second-order valence-electron chi connectivity index (χ2n) is 18.6. The van der Waals surface area contributed by atoms with Crippen molar-refractivity contribution >= 4 is 40.1 Å². The van der Waals surface area contributed by atoms with E-state index < -0.39 is 24.2 Å². The maximum absolute atomic E-state index is 14.4. The molecule has 7 rings (SSSR count). The molecule has 5 N–H and O–H groups in total. The van der Waals surface area contributed by atoms with Crippen molar-refractivity contribution in [1.82, 2.24) is 25.5 Å². The number of halogens is 1. The zero-order valence-electron chi connectivity index (χ0n) is 37.4. The summed E-state index contributed by atoms with van der Waals surface area (Å²) in [5.74, 6) is 0.996. The van der Waals surface area contributed by atoms with E-state index in [0.717, 1.165) is 51.9 Å². The number of carbonyl (C=O) groups is 2. The SMILES string of the molecule is COc1c(CN2O[C@@H](CO)[C@H]([C@H](C)O)[C@H]2C(=O)N[C@H]2C[C@H]3C[C@@H]([C@@H]2C)C3(C)C)cccc1-c1cc(NCCN(C)CCI)cc(C(=O)N[C@@H](Cc2ccccc2)CN(C)C)c1. The van der Waals surface area contributed by atoms with Crippen LogP contribution in [0.2, 0.25) is 0 Å². The number of hydrogen-bond acceptors (Lipinski definition) is 10. The van der Waals surface area contributed by atoms with Crippen molar-refractivity contribution in [2.45, 2.75) is 83.8 Å². The van der Waals surface area contributed by atoms with Gasteiger partial charge in [0.1, 0.15) is 17.9 Å². The topological polar surface area (TPSA) is 139 Å². The fourth-order valence-electron chi connectivity index (χ4n) is 10.3. The molecule has 0 unspecified atom stereocenters. The van der Waals surface area contributed by atoms with E-state index in [4.69, 9.17) is 9.57 Å². The van der Waals surface area contributed by atoms with Crippen LogP contribution in [0.5, 0.6) is 5.75 Å². The Morgan fingerprint density at radius 1 is 1.05 bits per heavy atom. The molecule has 3 saturated carbocycles. The summed E-state index contributed by atoms with van der Waals surface area (Å²) < 4.78 is 7.21. The fourth-order valence-corrected chi connectivity index (χ4v) is 11.1. The molecule has 1 heterocycles. The van der Waals surface area contributed by atoms with E-state index in [1.54, 1.807) is 19.1 Å². The van der Waals surface area contributed by atoms with Crippen molar-refractivity contribution in [3.8, 4) is 16.9 Å². The minimum Gasteiger partial charge on any atom is -0.496 e. The third-order valence-electron chi connectivity index (χ3n) is 13.7. The smallest absolute Gasteiger partial charge is 0.251 e. The van der Waals surface area contributed by atoms with Gasteiger partial charge in [0.15, 0.2) is 0 Å². The lowest BCUT2D eigenvalue weighted by Gasteiger charge is -2.62. The number of ether oxygens (including phenoxy) is 1. The molecule has 1 aliphatic heterocycles. The first-order valence-electron chi connectivity index (χ1n) is 22.0. The number of amides is 2. The molecule has 0 aromatic heterocycles. The molecule has 1 saturated heterocycles. The van der Waals surface area contributed by atoms with E-state index in [-0.39, 0.29) is 42.5 Å². The standard InChI is InChI=1S/C48H69IN6O6/c1-30-40-25-36(48(40,3)4)26-41(30)52-47(59)44-43(31(2)57)42(29-56)61-55(44)27-33-15-12-16-39(45(33)60-8)34-22-35(24-37(23-34)50-18-20-54(7)19-17-49)46(58)51-38(28-53(5)6)21-32-13-10-9-11-14-32/h9-16,22-24,30-31,36,38,40-44,50,56-57H,17-21,25-29H2,1-8H3,(H,51,58)(H,52,59)/t30-,31-,36+,38-,40-,41-,42-,43-,44-/m0/s1. The van der Waals surface area contributed by atoms with Gasteiger partial charge in [-0.25, -0.2) is 0 Å². The molecule has 0 radical (unpaired) electrons. The molecule has 12 nitrogen and oxygen atoms in total. The van der Waals surface area contributed by atoms with Crippen molar-refractivity contribution in [3.63, 3.8) is 0 Å². The number of methoxy groups -OCH3 is 1. The number of nitrogens with one attached hydrogen (secondary N) is 3. The Kier molecular flexibility index (Phi) is 16.2. The average molecular weight is 953 g/mol. The summed E-state index contributed by atoms with van der Waals surface area (Å²) in [5, 5.41) is 33.4.